The molecule has 2 heterocycles. The first-order chi connectivity index (χ1) is 12.0. The SMILES string of the molecule is CN(C)CCCNC(=O)c1cc2occc2n1Cc1ccc(F)cc1. The first kappa shape index (κ1) is 17.2. The molecule has 25 heavy (non-hydrogen) atoms. The molecule has 0 radical (unpaired) electrons. The zero-order valence-corrected chi connectivity index (χ0v) is 14.5. The zero-order chi connectivity index (χ0) is 17.8. The van der Waals surface area contributed by atoms with Crippen LogP contribution in [0.25, 0.3) is 11.1 Å². The van der Waals surface area contributed by atoms with Crippen molar-refractivity contribution in [1.82, 2.24) is 14.8 Å². The zero-order valence-electron chi connectivity index (χ0n) is 14.5. The molecular weight excluding hydrogens is 321 g/mol. The lowest BCUT2D eigenvalue weighted by Crippen LogP contribution is -2.29. The van der Waals surface area contributed by atoms with E-state index in [1.807, 2.05) is 24.7 Å². The summed E-state index contributed by atoms with van der Waals surface area (Å²) in [7, 11) is 4.01. The average Bonchev–Trinajstić information content (AvgIpc) is 3.16. The van der Waals surface area contributed by atoms with Crippen LogP contribution in [-0.2, 0) is 6.54 Å². The number of carbonyl (C=O) groups excluding carboxylic acids is 1. The highest BCUT2D eigenvalue weighted by atomic mass is 19.1. The molecule has 2 aromatic heterocycles. The Balaban J connectivity index is 1.79. The first-order valence-corrected chi connectivity index (χ1v) is 8.28. The van der Waals surface area contributed by atoms with E-state index in [2.05, 4.69) is 10.2 Å². The van der Waals surface area contributed by atoms with Crippen LogP contribution in [0.15, 0.2) is 47.1 Å². The van der Waals surface area contributed by atoms with E-state index < -0.39 is 0 Å². The molecule has 5 nitrogen and oxygen atoms in total. The molecule has 0 aliphatic rings. The van der Waals surface area contributed by atoms with Gasteiger partial charge in [0, 0.05) is 25.2 Å². The molecule has 6 heteroatoms. The summed E-state index contributed by atoms with van der Waals surface area (Å²) in [6, 6.07) is 9.88. The number of aromatic nitrogens is 1. The molecule has 1 aromatic carbocycles. The van der Waals surface area contributed by atoms with Crippen molar-refractivity contribution >= 4 is 17.0 Å². The second-order valence-electron chi connectivity index (χ2n) is 6.33. The molecule has 0 bridgehead atoms. The fraction of sp³-hybridized carbons (Fsp3) is 0.316. The van der Waals surface area contributed by atoms with Gasteiger partial charge in [-0.15, -0.1) is 0 Å². The van der Waals surface area contributed by atoms with E-state index in [4.69, 9.17) is 4.42 Å². The monoisotopic (exact) mass is 343 g/mol. The van der Waals surface area contributed by atoms with Crippen molar-refractivity contribution in [3.05, 3.63) is 59.7 Å². The molecule has 0 spiro atoms. The van der Waals surface area contributed by atoms with Gasteiger partial charge in [0.1, 0.15) is 11.5 Å². The van der Waals surface area contributed by atoms with Gasteiger partial charge in [-0.2, -0.15) is 0 Å². The maximum absolute atomic E-state index is 13.1. The largest absolute Gasteiger partial charge is 0.463 e. The number of hydrogen-bond acceptors (Lipinski definition) is 3. The Morgan fingerprint density at radius 2 is 2.00 bits per heavy atom. The summed E-state index contributed by atoms with van der Waals surface area (Å²) in [6.45, 7) is 2.00. The highest BCUT2D eigenvalue weighted by molar-refractivity contribution is 5.97. The molecule has 0 aliphatic heterocycles. The molecule has 0 saturated heterocycles. The fourth-order valence-corrected chi connectivity index (χ4v) is 2.80. The molecule has 0 atom stereocenters. The summed E-state index contributed by atoms with van der Waals surface area (Å²) < 4.78 is 20.4. The van der Waals surface area contributed by atoms with Gasteiger partial charge in [-0.3, -0.25) is 4.79 Å². The summed E-state index contributed by atoms with van der Waals surface area (Å²) in [6.07, 6.45) is 2.48. The van der Waals surface area contributed by atoms with E-state index in [1.165, 1.54) is 12.1 Å². The van der Waals surface area contributed by atoms with E-state index in [1.54, 1.807) is 24.5 Å². The summed E-state index contributed by atoms with van der Waals surface area (Å²) in [4.78, 5) is 14.7. The van der Waals surface area contributed by atoms with E-state index in [0.717, 1.165) is 24.0 Å². The molecule has 0 saturated carbocycles. The van der Waals surface area contributed by atoms with Gasteiger partial charge in [0.15, 0.2) is 5.58 Å². The smallest absolute Gasteiger partial charge is 0.268 e. The second kappa shape index (κ2) is 7.53. The van der Waals surface area contributed by atoms with Crippen LogP contribution < -0.4 is 5.32 Å². The highest BCUT2D eigenvalue weighted by Crippen LogP contribution is 2.22. The molecule has 3 rings (SSSR count). The van der Waals surface area contributed by atoms with Crippen molar-refractivity contribution in [2.75, 3.05) is 27.2 Å². The predicted octanol–water partition coefficient (Wildman–Crippen LogP) is 3.10. The van der Waals surface area contributed by atoms with Crippen molar-refractivity contribution in [3.63, 3.8) is 0 Å². The standard InChI is InChI=1S/C19H22FN3O2/c1-22(2)10-3-9-21-19(24)17-12-18-16(8-11-25-18)23(17)13-14-4-6-15(20)7-5-14/h4-8,11-12H,3,9-10,13H2,1-2H3,(H,21,24). The van der Waals surface area contributed by atoms with Gasteiger partial charge in [0.25, 0.3) is 5.91 Å². The van der Waals surface area contributed by atoms with Gasteiger partial charge >= 0.3 is 0 Å². The number of hydrogen-bond donors (Lipinski definition) is 1. The molecule has 132 valence electrons. The van der Waals surface area contributed by atoms with Crippen molar-refractivity contribution < 1.29 is 13.6 Å². The van der Waals surface area contributed by atoms with Crippen molar-refractivity contribution in [2.45, 2.75) is 13.0 Å². The van der Waals surface area contributed by atoms with Crippen LogP contribution in [0.4, 0.5) is 4.39 Å². The van der Waals surface area contributed by atoms with Crippen molar-refractivity contribution in [3.8, 4) is 0 Å². The number of benzene rings is 1. The van der Waals surface area contributed by atoms with Crippen molar-refractivity contribution in [1.29, 1.82) is 0 Å². The minimum atomic E-state index is -0.274. The third kappa shape index (κ3) is 4.09. The lowest BCUT2D eigenvalue weighted by Gasteiger charge is -2.12. The normalized spacial score (nSPS) is 11.4. The Kier molecular flexibility index (Phi) is 5.19. The van der Waals surface area contributed by atoms with Gasteiger partial charge in [0.2, 0.25) is 0 Å². The molecule has 1 amide bonds. The summed E-state index contributed by atoms with van der Waals surface area (Å²) >= 11 is 0. The summed E-state index contributed by atoms with van der Waals surface area (Å²) in [5.74, 6) is -0.407. The summed E-state index contributed by atoms with van der Waals surface area (Å²) in [5, 5.41) is 2.95. The van der Waals surface area contributed by atoms with Gasteiger partial charge in [-0.25, -0.2) is 4.39 Å². The topological polar surface area (TPSA) is 50.4 Å². The lowest BCUT2D eigenvalue weighted by molar-refractivity contribution is 0.0944. The number of fused-ring (bicyclic) bond motifs is 1. The average molecular weight is 343 g/mol. The van der Waals surface area contributed by atoms with Crippen LogP contribution in [0.5, 0.6) is 0 Å². The number of amides is 1. The molecule has 1 N–H and O–H groups in total. The third-order valence-corrected chi connectivity index (χ3v) is 4.08. The number of nitrogens with one attached hydrogen (secondary N) is 1. The van der Waals surface area contributed by atoms with E-state index in [-0.39, 0.29) is 11.7 Å². The molecular formula is C19H22FN3O2. The van der Waals surface area contributed by atoms with Crippen LogP contribution in [0, 0.1) is 5.82 Å². The quantitative estimate of drug-likeness (QED) is 0.671. The minimum Gasteiger partial charge on any atom is -0.463 e. The van der Waals surface area contributed by atoms with Crippen LogP contribution in [-0.4, -0.2) is 42.6 Å². The van der Waals surface area contributed by atoms with E-state index in [9.17, 15) is 9.18 Å². The van der Waals surface area contributed by atoms with E-state index >= 15 is 0 Å². The summed E-state index contributed by atoms with van der Waals surface area (Å²) in [5.41, 5.74) is 2.98. The number of carbonyl (C=O) groups is 1. The third-order valence-electron chi connectivity index (χ3n) is 4.08. The van der Waals surface area contributed by atoms with Gasteiger partial charge < -0.3 is 19.2 Å². The first-order valence-electron chi connectivity index (χ1n) is 8.28. The molecule has 0 fully saturated rings. The van der Waals surface area contributed by atoms with E-state index in [0.29, 0.717) is 24.4 Å². The lowest BCUT2D eigenvalue weighted by atomic mass is 10.2. The molecule has 0 unspecified atom stereocenters. The second-order valence-corrected chi connectivity index (χ2v) is 6.33. The Labute approximate surface area is 146 Å². The number of nitrogens with zero attached hydrogens (tertiary/aromatic N) is 2. The Hall–Kier alpha value is -2.60. The number of halogens is 1. The van der Waals surface area contributed by atoms with Crippen LogP contribution in [0.2, 0.25) is 0 Å². The van der Waals surface area contributed by atoms with Crippen molar-refractivity contribution in [2.24, 2.45) is 0 Å². The Morgan fingerprint density at radius 1 is 1.24 bits per heavy atom. The van der Waals surface area contributed by atoms with Crippen LogP contribution >= 0.6 is 0 Å². The minimum absolute atomic E-state index is 0.132. The highest BCUT2D eigenvalue weighted by Gasteiger charge is 2.17. The maximum atomic E-state index is 13.1. The molecule has 0 aliphatic carbocycles. The predicted molar refractivity (Wildman–Crippen MR) is 95.2 cm³/mol. The number of rotatable bonds is 7. The maximum Gasteiger partial charge on any atom is 0.268 e. The van der Waals surface area contributed by atoms with Gasteiger partial charge in [0.05, 0.1) is 11.8 Å². The van der Waals surface area contributed by atoms with Crippen LogP contribution in [0.1, 0.15) is 22.5 Å². The van der Waals surface area contributed by atoms with Crippen LogP contribution in [0.3, 0.4) is 0 Å². The Morgan fingerprint density at radius 3 is 2.72 bits per heavy atom. The van der Waals surface area contributed by atoms with Gasteiger partial charge in [-0.05, 0) is 44.8 Å². The molecule has 3 aromatic rings. The fourth-order valence-electron chi connectivity index (χ4n) is 2.80. The van der Waals surface area contributed by atoms with Gasteiger partial charge in [-0.1, -0.05) is 12.1 Å². The number of furan rings is 1. The Bertz CT molecular complexity index is 849.